The third kappa shape index (κ3) is 4.29. The minimum Gasteiger partial charge on any atom is -0.384 e. The molecule has 0 aliphatic rings. The number of rotatable bonds is 3. The van der Waals surface area contributed by atoms with Crippen LogP contribution in [0.2, 0.25) is 0 Å². The number of amides is 1. The lowest BCUT2D eigenvalue weighted by Crippen LogP contribution is -2.45. The van der Waals surface area contributed by atoms with Gasteiger partial charge in [-0.05, 0) is 20.8 Å². The summed E-state index contributed by atoms with van der Waals surface area (Å²) in [6, 6.07) is 0.183. The van der Waals surface area contributed by atoms with E-state index in [9.17, 15) is 4.79 Å². The van der Waals surface area contributed by atoms with Gasteiger partial charge in [-0.15, -0.1) is 0 Å². The smallest absolute Gasteiger partial charge is 0.262 e. The SMILES string of the molecule is CC(C)NNC(=O)[C@@H](C)O. The Morgan fingerprint density at radius 1 is 1.40 bits per heavy atom. The topological polar surface area (TPSA) is 61.4 Å². The first kappa shape index (κ1) is 9.39. The summed E-state index contributed by atoms with van der Waals surface area (Å²) < 4.78 is 0. The van der Waals surface area contributed by atoms with Crippen LogP contribution in [0.15, 0.2) is 0 Å². The van der Waals surface area contributed by atoms with Gasteiger partial charge >= 0.3 is 0 Å². The van der Waals surface area contributed by atoms with E-state index in [0.29, 0.717) is 0 Å². The average molecular weight is 146 g/mol. The third-order valence-corrected chi connectivity index (χ3v) is 0.863. The number of aliphatic hydroxyl groups is 1. The van der Waals surface area contributed by atoms with Gasteiger partial charge in [-0.2, -0.15) is 0 Å². The number of carbonyl (C=O) groups excluding carboxylic acids is 1. The van der Waals surface area contributed by atoms with Crippen LogP contribution < -0.4 is 10.9 Å². The van der Waals surface area contributed by atoms with Crippen molar-refractivity contribution in [3.8, 4) is 0 Å². The molecule has 0 spiro atoms. The van der Waals surface area contributed by atoms with Crippen LogP contribution in [-0.2, 0) is 4.79 Å². The Morgan fingerprint density at radius 3 is 2.20 bits per heavy atom. The lowest BCUT2D eigenvalue weighted by molar-refractivity contribution is -0.129. The first-order chi connectivity index (χ1) is 4.54. The van der Waals surface area contributed by atoms with Gasteiger partial charge in [0.25, 0.3) is 5.91 Å². The highest BCUT2D eigenvalue weighted by molar-refractivity contribution is 5.79. The third-order valence-electron chi connectivity index (χ3n) is 0.863. The first-order valence-corrected chi connectivity index (χ1v) is 3.27. The van der Waals surface area contributed by atoms with Crippen molar-refractivity contribution in [1.82, 2.24) is 10.9 Å². The largest absolute Gasteiger partial charge is 0.384 e. The maximum Gasteiger partial charge on any atom is 0.262 e. The Hall–Kier alpha value is -0.610. The van der Waals surface area contributed by atoms with Crippen molar-refractivity contribution in [3.05, 3.63) is 0 Å². The molecule has 4 nitrogen and oxygen atoms in total. The van der Waals surface area contributed by atoms with Crippen LogP contribution in [0.5, 0.6) is 0 Å². The fourth-order valence-electron chi connectivity index (χ4n) is 0.320. The number of nitrogens with one attached hydrogen (secondary N) is 2. The summed E-state index contributed by atoms with van der Waals surface area (Å²) in [5.41, 5.74) is 5.01. The minimum atomic E-state index is -0.953. The first-order valence-electron chi connectivity index (χ1n) is 3.27. The molecule has 0 rings (SSSR count). The van der Waals surface area contributed by atoms with Gasteiger partial charge in [0.2, 0.25) is 0 Å². The second-order valence-electron chi connectivity index (χ2n) is 2.46. The molecular weight excluding hydrogens is 132 g/mol. The molecule has 0 saturated heterocycles. The standard InChI is InChI=1S/C6H14N2O2/c1-4(2)7-8-6(10)5(3)9/h4-5,7,9H,1-3H3,(H,8,10)/t5-/m1/s1. The Bertz CT molecular complexity index is 112. The summed E-state index contributed by atoms with van der Waals surface area (Å²) >= 11 is 0. The van der Waals surface area contributed by atoms with Gasteiger partial charge in [0, 0.05) is 6.04 Å². The van der Waals surface area contributed by atoms with Crippen LogP contribution in [0.1, 0.15) is 20.8 Å². The van der Waals surface area contributed by atoms with E-state index in [2.05, 4.69) is 10.9 Å². The van der Waals surface area contributed by atoms with E-state index in [0.717, 1.165) is 0 Å². The molecule has 4 heteroatoms. The maximum atomic E-state index is 10.6. The maximum absolute atomic E-state index is 10.6. The molecule has 0 fully saturated rings. The molecule has 3 N–H and O–H groups in total. The van der Waals surface area contributed by atoms with Gasteiger partial charge in [0.1, 0.15) is 6.10 Å². The van der Waals surface area contributed by atoms with Crippen molar-refractivity contribution < 1.29 is 9.90 Å². The van der Waals surface area contributed by atoms with E-state index in [-0.39, 0.29) is 6.04 Å². The van der Waals surface area contributed by atoms with Crippen LogP contribution >= 0.6 is 0 Å². The van der Waals surface area contributed by atoms with E-state index in [1.165, 1.54) is 6.92 Å². The zero-order valence-corrected chi connectivity index (χ0v) is 6.51. The number of hydrazine groups is 1. The van der Waals surface area contributed by atoms with E-state index < -0.39 is 12.0 Å². The molecule has 1 amide bonds. The monoisotopic (exact) mass is 146 g/mol. The molecule has 0 aromatic heterocycles. The summed E-state index contributed by atoms with van der Waals surface area (Å²) in [6.45, 7) is 5.20. The van der Waals surface area contributed by atoms with Gasteiger partial charge in [-0.3, -0.25) is 10.2 Å². The van der Waals surface area contributed by atoms with Gasteiger partial charge in [0.15, 0.2) is 0 Å². The van der Waals surface area contributed by atoms with Crippen LogP contribution in [0, 0.1) is 0 Å². The molecule has 0 aromatic carbocycles. The number of aliphatic hydroxyl groups excluding tert-OH is 1. The predicted molar refractivity (Wildman–Crippen MR) is 38.1 cm³/mol. The highest BCUT2D eigenvalue weighted by atomic mass is 16.3. The Balaban J connectivity index is 3.40. The lowest BCUT2D eigenvalue weighted by Gasteiger charge is -2.10. The number of hydrogen-bond acceptors (Lipinski definition) is 3. The normalized spacial score (nSPS) is 13.3. The Kier molecular flexibility index (Phi) is 3.99. The molecular formula is C6H14N2O2. The van der Waals surface area contributed by atoms with Crippen LogP contribution in [-0.4, -0.2) is 23.2 Å². The molecule has 0 aliphatic heterocycles. The zero-order chi connectivity index (χ0) is 8.15. The molecule has 60 valence electrons. The molecule has 0 aliphatic carbocycles. The van der Waals surface area contributed by atoms with Gasteiger partial charge in [-0.1, -0.05) is 0 Å². The van der Waals surface area contributed by atoms with E-state index in [1.54, 1.807) is 0 Å². The molecule has 1 atom stereocenters. The molecule has 10 heavy (non-hydrogen) atoms. The molecule has 0 heterocycles. The quantitative estimate of drug-likeness (QED) is 0.466. The van der Waals surface area contributed by atoms with Crippen LogP contribution in [0.4, 0.5) is 0 Å². The minimum absolute atomic E-state index is 0.183. The summed E-state index contributed by atoms with van der Waals surface area (Å²) in [5.74, 6) is -0.409. The lowest BCUT2D eigenvalue weighted by atomic mass is 10.4. The summed E-state index contributed by atoms with van der Waals surface area (Å²) in [5, 5.41) is 8.68. The fraction of sp³-hybridized carbons (Fsp3) is 0.833. The second kappa shape index (κ2) is 4.24. The molecule has 0 unspecified atom stereocenters. The Morgan fingerprint density at radius 2 is 1.90 bits per heavy atom. The highest BCUT2D eigenvalue weighted by Crippen LogP contribution is 1.77. The summed E-state index contributed by atoms with van der Waals surface area (Å²) in [6.07, 6.45) is -0.953. The van der Waals surface area contributed by atoms with Crippen molar-refractivity contribution in [2.24, 2.45) is 0 Å². The van der Waals surface area contributed by atoms with Crippen LogP contribution in [0.25, 0.3) is 0 Å². The molecule has 0 aromatic rings. The second-order valence-corrected chi connectivity index (χ2v) is 2.46. The van der Waals surface area contributed by atoms with Gasteiger partial charge in [-0.25, -0.2) is 5.43 Å². The fourth-order valence-corrected chi connectivity index (χ4v) is 0.320. The highest BCUT2D eigenvalue weighted by Gasteiger charge is 2.06. The molecule has 0 radical (unpaired) electrons. The van der Waals surface area contributed by atoms with Crippen molar-refractivity contribution in [1.29, 1.82) is 0 Å². The van der Waals surface area contributed by atoms with Gasteiger partial charge < -0.3 is 5.11 Å². The van der Waals surface area contributed by atoms with Gasteiger partial charge in [0.05, 0.1) is 0 Å². The van der Waals surface area contributed by atoms with Crippen molar-refractivity contribution in [3.63, 3.8) is 0 Å². The van der Waals surface area contributed by atoms with Crippen molar-refractivity contribution in [2.45, 2.75) is 32.9 Å². The number of carbonyl (C=O) groups is 1. The summed E-state index contributed by atoms with van der Waals surface area (Å²) in [7, 11) is 0. The summed E-state index contributed by atoms with van der Waals surface area (Å²) in [4.78, 5) is 10.6. The zero-order valence-electron chi connectivity index (χ0n) is 6.51. The molecule has 0 bridgehead atoms. The van der Waals surface area contributed by atoms with Crippen molar-refractivity contribution in [2.75, 3.05) is 0 Å². The van der Waals surface area contributed by atoms with E-state index >= 15 is 0 Å². The number of hydrogen-bond donors (Lipinski definition) is 3. The Labute approximate surface area is 60.6 Å². The van der Waals surface area contributed by atoms with Crippen LogP contribution in [0.3, 0.4) is 0 Å². The van der Waals surface area contributed by atoms with E-state index in [1.807, 2.05) is 13.8 Å². The molecule has 0 saturated carbocycles. The average Bonchev–Trinajstić information content (AvgIpc) is 1.82. The van der Waals surface area contributed by atoms with E-state index in [4.69, 9.17) is 5.11 Å². The predicted octanol–water partition coefficient (Wildman–Crippen LogP) is -0.604. The van der Waals surface area contributed by atoms with Crippen molar-refractivity contribution >= 4 is 5.91 Å².